The lowest BCUT2D eigenvalue weighted by atomic mass is 10.2. The number of aryl methyl sites for hydroxylation is 1. The molecule has 0 unspecified atom stereocenters. The second kappa shape index (κ2) is 8.87. The van der Waals surface area contributed by atoms with Crippen molar-refractivity contribution >= 4 is 23.3 Å². The predicted octanol–water partition coefficient (Wildman–Crippen LogP) is 2.26. The van der Waals surface area contributed by atoms with E-state index in [1.165, 1.54) is 16.7 Å². The average molecular weight is 402 g/mol. The minimum atomic E-state index is -0.487. The Morgan fingerprint density at radius 1 is 1.14 bits per heavy atom. The largest absolute Gasteiger partial charge is 0.488 e. The van der Waals surface area contributed by atoms with Crippen molar-refractivity contribution in [3.05, 3.63) is 56.2 Å². The van der Waals surface area contributed by atoms with E-state index in [1.54, 1.807) is 32.3 Å². The summed E-state index contributed by atoms with van der Waals surface area (Å²) in [6.07, 6.45) is 3.28. The summed E-state index contributed by atoms with van der Waals surface area (Å²) in [5.41, 5.74) is 0.371. The molecule has 1 aromatic carbocycles. The first-order chi connectivity index (χ1) is 14.0. The number of halogens is 1. The van der Waals surface area contributed by atoms with Crippen LogP contribution in [0, 0.1) is 5.82 Å². The van der Waals surface area contributed by atoms with Gasteiger partial charge in [-0.15, -0.1) is 0 Å². The molecule has 0 fully saturated rings. The van der Waals surface area contributed by atoms with Crippen LogP contribution in [0.4, 0.5) is 4.39 Å². The first-order valence-electron chi connectivity index (χ1n) is 9.32. The fourth-order valence-electron chi connectivity index (χ4n) is 2.98. The van der Waals surface area contributed by atoms with Crippen LogP contribution < -0.4 is 16.0 Å². The molecule has 2 aromatic heterocycles. The van der Waals surface area contributed by atoms with Gasteiger partial charge in [-0.1, -0.05) is 12.1 Å². The van der Waals surface area contributed by atoms with E-state index in [4.69, 9.17) is 9.47 Å². The monoisotopic (exact) mass is 402 g/mol. The Labute approximate surface area is 166 Å². The molecule has 29 heavy (non-hydrogen) atoms. The van der Waals surface area contributed by atoms with Crippen LogP contribution in [0.25, 0.3) is 23.3 Å². The molecule has 0 saturated heterocycles. The summed E-state index contributed by atoms with van der Waals surface area (Å²) in [5, 5.41) is 0. The van der Waals surface area contributed by atoms with Crippen molar-refractivity contribution < 1.29 is 13.9 Å². The van der Waals surface area contributed by atoms with Gasteiger partial charge in [-0.3, -0.25) is 13.9 Å². The van der Waals surface area contributed by atoms with Gasteiger partial charge in [-0.25, -0.2) is 14.2 Å². The van der Waals surface area contributed by atoms with Gasteiger partial charge in [0.1, 0.15) is 17.9 Å². The topological polar surface area (TPSA) is 91.1 Å². The molecule has 0 spiro atoms. The summed E-state index contributed by atoms with van der Waals surface area (Å²) in [6, 6.07) is 4.59. The van der Waals surface area contributed by atoms with Crippen molar-refractivity contribution in [1.29, 1.82) is 0 Å². The molecule has 9 heteroatoms. The number of nitrogens with zero attached hydrogens (tertiary/aromatic N) is 3. The number of nitrogens with one attached hydrogen (secondary N) is 1. The van der Waals surface area contributed by atoms with Crippen LogP contribution in [0.5, 0.6) is 5.75 Å². The van der Waals surface area contributed by atoms with Gasteiger partial charge in [0.05, 0.1) is 6.61 Å². The summed E-state index contributed by atoms with van der Waals surface area (Å²) in [7, 11) is 1.54. The van der Waals surface area contributed by atoms with Crippen molar-refractivity contribution in [3.63, 3.8) is 0 Å². The van der Waals surface area contributed by atoms with Gasteiger partial charge in [-0.05, 0) is 37.6 Å². The third-order valence-corrected chi connectivity index (χ3v) is 4.45. The molecule has 0 bridgehead atoms. The maximum absolute atomic E-state index is 14.1. The molecule has 0 amide bonds. The minimum absolute atomic E-state index is 0.148. The maximum Gasteiger partial charge on any atom is 0.332 e. The molecule has 0 aliphatic carbocycles. The molecule has 0 atom stereocenters. The lowest BCUT2D eigenvalue weighted by Crippen LogP contribution is -2.39. The molecule has 0 aliphatic rings. The SMILES string of the molecule is CCn1c(=O)c2[nH]c(/C=C/c3ccc(OCCOC)c(F)c3)nc2n(CC)c1=O. The Bertz CT molecular complexity index is 1160. The number of imidazole rings is 1. The lowest BCUT2D eigenvalue weighted by Gasteiger charge is -2.06. The molecule has 0 radical (unpaired) electrons. The van der Waals surface area contributed by atoms with Crippen LogP contribution in [-0.4, -0.2) is 39.4 Å². The van der Waals surface area contributed by atoms with Crippen molar-refractivity contribution in [3.8, 4) is 5.75 Å². The van der Waals surface area contributed by atoms with Crippen molar-refractivity contribution in [2.45, 2.75) is 26.9 Å². The number of methoxy groups -OCH3 is 1. The van der Waals surface area contributed by atoms with E-state index in [1.807, 2.05) is 6.92 Å². The molecular weight excluding hydrogens is 379 g/mol. The quantitative estimate of drug-likeness (QED) is 0.584. The number of ether oxygens (including phenoxy) is 2. The number of aromatic nitrogens is 4. The molecule has 8 nitrogen and oxygen atoms in total. The second-order valence-corrected chi connectivity index (χ2v) is 6.26. The fraction of sp³-hybridized carbons (Fsp3) is 0.350. The highest BCUT2D eigenvalue weighted by atomic mass is 19.1. The van der Waals surface area contributed by atoms with E-state index in [9.17, 15) is 14.0 Å². The summed E-state index contributed by atoms with van der Waals surface area (Å²) >= 11 is 0. The Morgan fingerprint density at radius 3 is 2.55 bits per heavy atom. The molecule has 2 heterocycles. The number of aromatic amines is 1. The predicted molar refractivity (Wildman–Crippen MR) is 109 cm³/mol. The van der Waals surface area contributed by atoms with Gasteiger partial charge >= 0.3 is 5.69 Å². The summed E-state index contributed by atoms with van der Waals surface area (Å²) in [5.74, 6) is 0.0573. The molecule has 154 valence electrons. The van der Waals surface area contributed by atoms with Gasteiger partial charge in [0.2, 0.25) is 0 Å². The van der Waals surface area contributed by atoms with Gasteiger partial charge in [0.25, 0.3) is 5.56 Å². The zero-order valence-corrected chi connectivity index (χ0v) is 16.6. The number of fused-ring (bicyclic) bond motifs is 1. The number of hydrogen-bond donors (Lipinski definition) is 1. The van der Waals surface area contributed by atoms with Gasteiger partial charge in [0.15, 0.2) is 17.2 Å². The Morgan fingerprint density at radius 2 is 1.90 bits per heavy atom. The van der Waals surface area contributed by atoms with Crippen LogP contribution in [0.15, 0.2) is 27.8 Å². The van der Waals surface area contributed by atoms with Gasteiger partial charge < -0.3 is 14.5 Å². The molecule has 0 aliphatic heterocycles. The van der Waals surface area contributed by atoms with Gasteiger partial charge in [0, 0.05) is 20.2 Å². The second-order valence-electron chi connectivity index (χ2n) is 6.26. The van der Waals surface area contributed by atoms with E-state index in [0.717, 1.165) is 4.57 Å². The molecule has 3 aromatic rings. The van der Waals surface area contributed by atoms with Crippen molar-refractivity contribution in [2.24, 2.45) is 0 Å². The van der Waals surface area contributed by atoms with E-state index >= 15 is 0 Å². The normalized spacial score (nSPS) is 11.6. The number of rotatable bonds is 8. The molecule has 3 rings (SSSR count). The first kappa shape index (κ1) is 20.5. The molecule has 1 N–H and O–H groups in total. The first-order valence-corrected chi connectivity index (χ1v) is 9.32. The van der Waals surface area contributed by atoms with Crippen LogP contribution in [-0.2, 0) is 17.8 Å². The van der Waals surface area contributed by atoms with E-state index in [0.29, 0.717) is 30.2 Å². The third kappa shape index (κ3) is 4.14. The summed E-state index contributed by atoms with van der Waals surface area (Å²) < 4.78 is 26.9. The standard InChI is InChI=1S/C20H23FN4O4/c1-4-24-18-17(19(26)25(5-2)20(24)27)22-16(23-18)9-7-13-6-8-15(14(21)12-13)29-11-10-28-3/h6-9,12H,4-5,10-11H2,1-3H3,(H,22,23)/b9-7+. The smallest absolute Gasteiger partial charge is 0.332 e. The van der Waals surface area contributed by atoms with E-state index in [2.05, 4.69) is 9.97 Å². The zero-order valence-electron chi connectivity index (χ0n) is 16.6. The fourth-order valence-corrected chi connectivity index (χ4v) is 2.98. The maximum atomic E-state index is 14.1. The van der Waals surface area contributed by atoms with Crippen molar-refractivity contribution in [1.82, 2.24) is 19.1 Å². The molecule has 0 saturated carbocycles. The summed E-state index contributed by atoms with van der Waals surface area (Å²) in [4.78, 5) is 32.2. The minimum Gasteiger partial charge on any atom is -0.488 e. The van der Waals surface area contributed by atoms with Crippen LogP contribution in [0.1, 0.15) is 25.2 Å². The molecular formula is C20H23FN4O4. The van der Waals surface area contributed by atoms with Crippen LogP contribution in [0.2, 0.25) is 0 Å². The van der Waals surface area contributed by atoms with Crippen molar-refractivity contribution in [2.75, 3.05) is 20.3 Å². The van der Waals surface area contributed by atoms with Gasteiger partial charge in [-0.2, -0.15) is 0 Å². The Kier molecular flexibility index (Phi) is 6.28. The van der Waals surface area contributed by atoms with E-state index < -0.39 is 11.4 Å². The van der Waals surface area contributed by atoms with E-state index in [-0.39, 0.29) is 30.1 Å². The summed E-state index contributed by atoms with van der Waals surface area (Å²) in [6.45, 7) is 4.85. The Hall–Kier alpha value is -3.20. The highest BCUT2D eigenvalue weighted by Crippen LogP contribution is 2.19. The zero-order chi connectivity index (χ0) is 21.0. The average Bonchev–Trinajstić information content (AvgIpc) is 3.13. The number of hydrogen-bond acceptors (Lipinski definition) is 5. The Balaban J connectivity index is 1.91. The number of H-pyrrole nitrogens is 1. The highest BCUT2D eigenvalue weighted by Gasteiger charge is 2.14. The number of benzene rings is 1. The van der Waals surface area contributed by atoms with Crippen LogP contribution >= 0.6 is 0 Å². The lowest BCUT2D eigenvalue weighted by molar-refractivity contribution is 0.144. The third-order valence-electron chi connectivity index (χ3n) is 4.45. The van der Waals surface area contributed by atoms with Crippen LogP contribution in [0.3, 0.4) is 0 Å². The highest BCUT2D eigenvalue weighted by molar-refractivity contribution is 5.75.